The molecule has 0 saturated carbocycles. The number of amides is 1. The van der Waals surface area contributed by atoms with Gasteiger partial charge < -0.3 is 19.5 Å². The summed E-state index contributed by atoms with van der Waals surface area (Å²) in [5.74, 6) is -0.599. The van der Waals surface area contributed by atoms with E-state index in [4.69, 9.17) is 14.6 Å². The molecule has 2 atom stereocenters. The number of allylic oxidation sites excluding steroid dienone is 2. The van der Waals surface area contributed by atoms with E-state index in [-0.39, 0.29) is 23.6 Å². The van der Waals surface area contributed by atoms with E-state index in [0.717, 1.165) is 27.9 Å². The van der Waals surface area contributed by atoms with Crippen LogP contribution in [0.3, 0.4) is 0 Å². The first kappa shape index (κ1) is 26.3. The number of halogens is 2. The van der Waals surface area contributed by atoms with Crippen LogP contribution in [0.1, 0.15) is 70.9 Å². The molecule has 2 bridgehead atoms. The monoisotopic (exact) mass is 548 g/mol. The summed E-state index contributed by atoms with van der Waals surface area (Å²) >= 11 is 0. The van der Waals surface area contributed by atoms with E-state index in [1.807, 2.05) is 25.3 Å². The zero-order chi connectivity index (χ0) is 28.2. The molecule has 3 aliphatic rings. The molecule has 208 valence electrons. The molecule has 1 fully saturated rings. The molecular formula is C30H30F2N4O4. The fourth-order valence-electron chi connectivity index (χ4n) is 6.14. The van der Waals surface area contributed by atoms with Crippen LogP contribution in [0.5, 0.6) is 5.75 Å². The number of benzene rings is 1. The van der Waals surface area contributed by atoms with Crippen molar-refractivity contribution in [1.29, 1.82) is 0 Å². The molecule has 0 spiro atoms. The fraction of sp³-hybridized carbons (Fsp3) is 0.367. The van der Waals surface area contributed by atoms with E-state index in [1.54, 1.807) is 40.9 Å². The van der Waals surface area contributed by atoms with Crippen LogP contribution in [-0.4, -0.2) is 63.7 Å². The van der Waals surface area contributed by atoms with Gasteiger partial charge in [0, 0.05) is 73.8 Å². The Labute approximate surface area is 230 Å². The van der Waals surface area contributed by atoms with Crippen molar-refractivity contribution in [3.8, 4) is 5.75 Å². The predicted octanol–water partition coefficient (Wildman–Crippen LogP) is 5.13. The third-order valence-corrected chi connectivity index (χ3v) is 8.42. The quantitative estimate of drug-likeness (QED) is 0.341. The highest BCUT2D eigenvalue weighted by atomic mass is 19.3. The van der Waals surface area contributed by atoms with E-state index in [0.29, 0.717) is 49.3 Å². The standard InChI is InChI=1S/C30H30F2N4O4/c1-4-18(16-33-17(2)30(38)9-12-39-13-10-30)19-8-11-36-22(14-19)26-21-15-23(27(26)34-36)35(3)28(37)20-6-5-7-24(25(20)21)40-29(31)32/h4-8,11,14,16,21,23,29,38H,1,9-10,12-13,15H2,2-3H3/b18-16+,33-17?. The summed E-state index contributed by atoms with van der Waals surface area (Å²) in [4.78, 5) is 19.5. The number of aliphatic hydroxyl groups is 1. The zero-order valence-electron chi connectivity index (χ0n) is 22.3. The van der Waals surface area contributed by atoms with Gasteiger partial charge in [0.15, 0.2) is 0 Å². The Kier molecular flexibility index (Phi) is 6.54. The van der Waals surface area contributed by atoms with Gasteiger partial charge >= 0.3 is 6.61 Å². The maximum absolute atomic E-state index is 13.4. The number of carbonyl (C=O) groups is 1. The van der Waals surface area contributed by atoms with Crippen LogP contribution in [0.2, 0.25) is 0 Å². The molecule has 40 heavy (non-hydrogen) atoms. The van der Waals surface area contributed by atoms with E-state index in [2.05, 4.69) is 11.6 Å². The largest absolute Gasteiger partial charge is 0.434 e. The SMILES string of the molecule is C=C/C(=C\N=C(C)C1(O)CCOCC1)c1ccn2nc3c(c2c1)C1CC3N(C)C(=O)c2cccc(OC(F)F)c21. The van der Waals surface area contributed by atoms with Crippen LogP contribution in [0.4, 0.5) is 8.78 Å². The maximum atomic E-state index is 13.4. The van der Waals surface area contributed by atoms with Gasteiger partial charge in [0.05, 0.1) is 17.3 Å². The summed E-state index contributed by atoms with van der Waals surface area (Å²) in [6.45, 7) is 3.73. The van der Waals surface area contributed by atoms with Gasteiger partial charge in [-0.25, -0.2) is 4.52 Å². The van der Waals surface area contributed by atoms with Crippen molar-refractivity contribution in [3.63, 3.8) is 0 Å². The van der Waals surface area contributed by atoms with Crippen molar-refractivity contribution in [2.75, 3.05) is 20.3 Å². The van der Waals surface area contributed by atoms with Crippen LogP contribution < -0.4 is 4.74 Å². The number of carbonyl (C=O) groups excluding carboxylic acids is 1. The van der Waals surface area contributed by atoms with E-state index < -0.39 is 12.2 Å². The fourth-order valence-corrected chi connectivity index (χ4v) is 6.14. The van der Waals surface area contributed by atoms with Crippen LogP contribution in [0.15, 0.2) is 60.4 Å². The van der Waals surface area contributed by atoms with Crippen LogP contribution in [-0.2, 0) is 4.74 Å². The number of ether oxygens (including phenoxy) is 2. The van der Waals surface area contributed by atoms with Crippen LogP contribution in [0, 0.1) is 0 Å². The van der Waals surface area contributed by atoms with Crippen molar-refractivity contribution >= 4 is 22.7 Å². The lowest BCUT2D eigenvalue weighted by Gasteiger charge is -2.31. The number of alkyl halides is 2. The lowest BCUT2D eigenvalue weighted by Crippen LogP contribution is -2.42. The third-order valence-electron chi connectivity index (χ3n) is 8.42. The molecule has 8 nitrogen and oxygen atoms in total. The Morgan fingerprint density at radius 3 is 2.80 bits per heavy atom. The second-order valence-electron chi connectivity index (χ2n) is 10.5. The Balaban J connectivity index is 1.46. The second kappa shape index (κ2) is 9.94. The molecule has 1 saturated heterocycles. The molecule has 1 aromatic carbocycles. The van der Waals surface area contributed by atoms with Gasteiger partial charge in [-0.05, 0) is 48.7 Å². The molecule has 3 aromatic rings. The Hall–Kier alpha value is -3.89. The van der Waals surface area contributed by atoms with Gasteiger partial charge in [-0.2, -0.15) is 13.9 Å². The number of rotatable bonds is 6. The van der Waals surface area contributed by atoms with Crippen molar-refractivity contribution in [1.82, 2.24) is 14.5 Å². The molecule has 6 rings (SSSR count). The number of nitrogens with zero attached hydrogens (tertiary/aromatic N) is 4. The number of aliphatic imine (C=N–C) groups is 1. The van der Waals surface area contributed by atoms with Gasteiger partial charge in [0.25, 0.3) is 5.91 Å². The van der Waals surface area contributed by atoms with Gasteiger partial charge in [0.2, 0.25) is 0 Å². The summed E-state index contributed by atoms with van der Waals surface area (Å²) in [6, 6.07) is 8.28. The van der Waals surface area contributed by atoms with Crippen LogP contribution >= 0.6 is 0 Å². The second-order valence-corrected chi connectivity index (χ2v) is 10.5. The summed E-state index contributed by atoms with van der Waals surface area (Å²) < 4.78 is 38.8. The molecular weight excluding hydrogens is 518 g/mol. The van der Waals surface area contributed by atoms with Gasteiger partial charge in [-0.3, -0.25) is 9.79 Å². The van der Waals surface area contributed by atoms with Crippen molar-refractivity contribution < 1.29 is 28.2 Å². The van der Waals surface area contributed by atoms with Crippen molar-refractivity contribution in [3.05, 3.63) is 83.3 Å². The Morgan fingerprint density at radius 1 is 1.30 bits per heavy atom. The highest BCUT2D eigenvalue weighted by molar-refractivity contribution is 5.98. The Morgan fingerprint density at radius 2 is 2.08 bits per heavy atom. The molecule has 2 unspecified atom stereocenters. The molecule has 1 N–H and O–H groups in total. The lowest BCUT2D eigenvalue weighted by molar-refractivity contribution is -0.0506. The smallest absolute Gasteiger partial charge is 0.387 e. The topological polar surface area (TPSA) is 88.7 Å². The average molecular weight is 549 g/mol. The maximum Gasteiger partial charge on any atom is 0.387 e. The zero-order valence-corrected chi connectivity index (χ0v) is 22.3. The average Bonchev–Trinajstić information content (AvgIpc) is 3.46. The number of hydrogen-bond acceptors (Lipinski definition) is 6. The summed E-state index contributed by atoms with van der Waals surface area (Å²) in [6.07, 6.45) is 6.73. The molecule has 2 aromatic heterocycles. The minimum atomic E-state index is -3.02. The van der Waals surface area contributed by atoms with Gasteiger partial charge in [-0.15, -0.1) is 0 Å². The highest BCUT2D eigenvalue weighted by Crippen LogP contribution is 2.53. The minimum Gasteiger partial charge on any atom is -0.434 e. The van der Waals surface area contributed by atoms with Crippen molar-refractivity contribution in [2.45, 2.75) is 50.4 Å². The number of hydrogen-bond donors (Lipinski definition) is 1. The first-order valence-electron chi connectivity index (χ1n) is 13.3. The van der Waals surface area contributed by atoms with E-state index in [1.165, 1.54) is 6.07 Å². The number of fused-ring (bicyclic) bond motifs is 9. The lowest BCUT2D eigenvalue weighted by atomic mass is 9.88. The molecule has 10 heteroatoms. The van der Waals surface area contributed by atoms with Gasteiger partial charge in [-0.1, -0.05) is 18.7 Å². The molecule has 1 amide bonds. The normalized spacial score (nSPS) is 22.4. The summed E-state index contributed by atoms with van der Waals surface area (Å²) in [5, 5.41) is 15.8. The van der Waals surface area contributed by atoms with E-state index in [9.17, 15) is 18.7 Å². The first-order chi connectivity index (χ1) is 19.2. The highest BCUT2D eigenvalue weighted by Gasteiger charge is 2.46. The molecule has 1 aliphatic carbocycles. The van der Waals surface area contributed by atoms with Crippen LogP contribution in [0.25, 0.3) is 11.1 Å². The minimum absolute atomic E-state index is 0.00536. The molecule has 0 radical (unpaired) electrons. The summed E-state index contributed by atoms with van der Waals surface area (Å²) in [5.41, 5.74) is 4.46. The number of aromatic nitrogens is 2. The summed E-state index contributed by atoms with van der Waals surface area (Å²) in [7, 11) is 1.72. The van der Waals surface area contributed by atoms with Gasteiger partial charge in [0.1, 0.15) is 11.4 Å². The third kappa shape index (κ3) is 4.22. The Bertz CT molecular complexity index is 1570. The predicted molar refractivity (Wildman–Crippen MR) is 146 cm³/mol. The van der Waals surface area contributed by atoms with E-state index >= 15 is 0 Å². The first-order valence-corrected chi connectivity index (χ1v) is 13.3. The van der Waals surface area contributed by atoms with Crippen molar-refractivity contribution in [2.24, 2.45) is 4.99 Å². The molecule has 4 heterocycles. The number of pyridine rings is 1. The molecule has 2 aliphatic heterocycles.